The summed E-state index contributed by atoms with van der Waals surface area (Å²) < 4.78 is 0.949. The zero-order valence-electron chi connectivity index (χ0n) is 27.5. The monoisotopic (exact) mass is 730 g/mol. The minimum Gasteiger partial charge on any atom is -0.339 e. The van der Waals surface area contributed by atoms with Crippen molar-refractivity contribution in [2.45, 2.75) is 33.1 Å². The average molecular weight is 731 g/mol. The number of allylic oxidation sites excluding steroid dienone is 4. The first-order valence-electron chi connectivity index (χ1n) is 16.1. The lowest BCUT2D eigenvalue weighted by molar-refractivity contribution is -0.140. The lowest BCUT2D eigenvalue weighted by atomic mass is 10.1. The van der Waals surface area contributed by atoms with Crippen LogP contribution in [-0.2, 0) is 19.2 Å². The third-order valence-electron chi connectivity index (χ3n) is 8.16. The number of benzene rings is 2. The number of hydrogen-bond acceptors (Lipinski definition) is 8. The lowest BCUT2D eigenvalue weighted by Gasteiger charge is -2.35. The van der Waals surface area contributed by atoms with Gasteiger partial charge in [0.2, 0.25) is 11.8 Å². The molecule has 0 N–H and O–H groups in total. The maximum Gasteiger partial charge on any atom is 0.266 e. The van der Waals surface area contributed by atoms with Crippen molar-refractivity contribution in [3.63, 3.8) is 0 Å². The largest absolute Gasteiger partial charge is 0.339 e. The van der Waals surface area contributed by atoms with E-state index in [1.807, 2.05) is 98.8 Å². The molecule has 5 rings (SSSR count). The van der Waals surface area contributed by atoms with Crippen LogP contribution >= 0.6 is 48.0 Å². The molecule has 0 aliphatic carbocycles. The Balaban J connectivity index is 1.03. The highest BCUT2D eigenvalue weighted by molar-refractivity contribution is 8.27. The van der Waals surface area contributed by atoms with E-state index in [-0.39, 0.29) is 36.6 Å². The van der Waals surface area contributed by atoms with Crippen LogP contribution in [-0.4, -0.2) is 91.1 Å². The quantitative estimate of drug-likeness (QED) is 0.191. The Kier molecular flexibility index (Phi) is 12.8. The third-order valence-corrected chi connectivity index (χ3v) is 10.9. The number of piperazine rings is 1. The molecule has 0 aromatic heterocycles. The standard InChI is InChI=1S/C37H38N4O4S4/c1-26(22-28-10-5-3-6-11-28)24-30-34(44)40(36(46)48-30)16-9-14-32(42)38-18-20-39(21-19-38)33(43)15-17-41-35(45)31(49-37(41)47)25-27(2)23-29-12-7-4-8-13-29/h3-8,10-13,22-25H,9,14-21H2,1-2H3/b26-22+,27-23+,30-24-,31-25+. The summed E-state index contributed by atoms with van der Waals surface area (Å²) in [4.78, 5) is 59.8. The van der Waals surface area contributed by atoms with Gasteiger partial charge in [0, 0.05) is 52.1 Å². The summed E-state index contributed by atoms with van der Waals surface area (Å²) in [5.74, 6) is -0.388. The molecule has 0 saturated carbocycles. The van der Waals surface area contributed by atoms with E-state index in [2.05, 4.69) is 0 Å². The number of carbonyl (C=O) groups excluding carboxylic acids is 4. The molecular formula is C37H38N4O4S4. The van der Waals surface area contributed by atoms with E-state index in [0.717, 1.165) is 22.3 Å². The van der Waals surface area contributed by atoms with Crippen molar-refractivity contribution >= 4 is 92.4 Å². The number of nitrogens with zero attached hydrogens (tertiary/aromatic N) is 4. The molecule has 3 fully saturated rings. The smallest absolute Gasteiger partial charge is 0.266 e. The molecule has 3 saturated heterocycles. The minimum atomic E-state index is -0.184. The van der Waals surface area contributed by atoms with Crippen molar-refractivity contribution < 1.29 is 19.2 Å². The fraction of sp³-hybridized carbons (Fsp3) is 0.297. The second kappa shape index (κ2) is 17.2. The van der Waals surface area contributed by atoms with Gasteiger partial charge in [-0.15, -0.1) is 0 Å². The number of carbonyl (C=O) groups is 4. The van der Waals surface area contributed by atoms with Crippen molar-refractivity contribution in [2.75, 3.05) is 39.3 Å². The summed E-state index contributed by atoms with van der Waals surface area (Å²) in [7, 11) is 0. The van der Waals surface area contributed by atoms with Crippen molar-refractivity contribution in [2.24, 2.45) is 0 Å². The van der Waals surface area contributed by atoms with E-state index in [9.17, 15) is 19.2 Å². The number of thioether (sulfide) groups is 2. The van der Waals surface area contributed by atoms with Gasteiger partial charge < -0.3 is 9.80 Å². The first kappa shape index (κ1) is 36.4. The van der Waals surface area contributed by atoms with E-state index < -0.39 is 0 Å². The second-order valence-electron chi connectivity index (χ2n) is 11.9. The maximum atomic E-state index is 13.1. The fourth-order valence-electron chi connectivity index (χ4n) is 5.62. The molecule has 0 unspecified atom stereocenters. The van der Waals surface area contributed by atoms with Gasteiger partial charge in [0.25, 0.3) is 11.8 Å². The van der Waals surface area contributed by atoms with Gasteiger partial charge in [0.1, 0.15) is 8.64 Å². The van der Waals surface area contributed by atoms with Crippen LogP contribution in [0.2, 0.25) is 0 Å². The summed E-state index contributed by atoms with van der Waals surface area (Å²) in [6, 6.07) is 19.8. The molecule has 3 aliphatic rings. The summed E-state index contributed by atoms with van der Waals surface area (Å²) in [5, 5.41) is 0. The van der Waals surface area contributed by atoms with E-state index in [4.69, 9.17) is 24.4 Å². The lowest BCUT2D eigenvalue weighted by Crippen LogP contribution is -2.51. The zero-order valence-corrected chi connectivity index (χ0v) is 30.8. The van der Waals surface area contributed by atoms with Crippen LogP contribution in [0.25, 0.3) is 12.2 Å². The minimum absolute atomic E-state index is 0.00400. The number of thiocarbonyl (C=S) groups is 2. The molecule has 0 bridgehead atoms. The molecule has 3 aliphatic heterocycles. The van der Waals surface area contributed by atoms with Crippen molar-refractivity contribution in [3.05, 3.63) is 105 Å². The normalized spacial score (nSPS) is 19.2. The van der Waals surface area contributed by atoms with E-state index in [1.165, 1.54) is 28.4 Å². The second-order valence-corrected chi connectivity index (χ2v) is 15.2. The predicted octanol–water partition coefficient (Wildman–Crippen LogP) is 6.52. The molecule has 0 spiro atoms. The van der Waals surface area contributed by atoms with Crippen LogP contribution in [0.1, 0.15) is 44.2 Å². The molecule has 2 aromatic carbocycles. The van der Waals surface area contributed by atoms with Crippen LogP contribution in [0.15, 0.2) is 93.8 Å². The highest BCUT2D eigenvalue weighted by Crippen LogP contribution is 2.33. The van der Waals surface area contributed by atoms with Gasteiger partial charge in [-0.25, -0.2) is 0 Å². The summed E-state index contributed by atoms with van der Waals surface area (Å²) in [6.45, 7) is 6.24. The Labute approximate surface area is 306 Å². The molecular weight excluding hydrogens is 693 g/mol. The van der Waals surface area contributed by atoms with E-state index >= 15 is 0 Å². The first-order valence-corrected chi connectivity index (χ1v) is 18.6. The fourth-order valence-corrected chi connectivity index (χ4v) is 8.34. The van der Waals surface area contributed by atoms with E-state index in [1.54, 1.807) is 14.7 Å². The zero-order chi connectivity index (χ0) is 34.9. The molecule has 0 radical (unpaired) electrons. The number of rotatable bonds is 11. The van der Waals surface area contributed by atoms with Crippen molar-refractivity contribution in [1.29, 1.82) is 0 Å². The van der Waals surface area contributed by atoms with Crippen molar-refractivity contribution in [1.82, 2.24) is 19.6 Å². The third kappa shape index (κ3) is 9.87. The highest BCUT2D eigenvalue weighted by atomic mass is 32.2. The van der Waals surface area contributed by atoms with Gasteiger partial charge in [-0.3, -0.25) is 29.0 Å². The highest BCUT2D eigenvalue weighted by Gasteiger charge is 2.34. The summed E-state index contributed by atoms with van der Waals surface area (Å²) in [6.07, 6.45) is 8.66. The van der Waals surface area contributed by atoms with E-state index in [0.29, 0.717) is 64.0 Å². The van der Waals surface area contributed by atoms with Crippen LogP contribution in [0, 0.1) is 0 Å². The molecule has 12 heteroatoms. The number of hydrogen-bond donors (Lipinski definition) is 0. The Morgan fingerprint density at radius 1 is 0.653 bits per heavy atom. The van der Waals surface area contributed by atoms with Crippen molar-refractivity contribution in [3.8, 4) is 0 Å². The molecule has 2 aromatic rings. The van der Waals surface area contributed by atoms with Gasteiger partial charge in [-0.2, -0.15) is 0 Å². The topological polar surface area (TPSA) is 81.2 Å². The number of amides is 4. The molecule has 0 atom stereocenters. The molecule has 4 amide bonds. The van der Waals surface area contributed by atoms with Gasteiger partial charge in [-0.1, -0.05) is 121 Å². The van der Waals surface area contributed by atoms with Crippen LogP contribution in [0.3, 0.4) is 0 Å². The molecule has 254 valence electrons. The van der Waals surface area contributed by atoms with Gasteiger partial charge in [-0.05, 0) is 54.7 Å². The summed E-state index contributed by atoms with van der Waals surface area (Å²) >= 11 is 13.5. The van der Waals surface area contributed by atoms with Crippen LogP contribution in [0.5, 0.6) is 0 Å². The molecule has 8 nitrogen and oxygen atoms in total. The van der Waals surface area contributed by atoms with Gasteiger partial charge in [0.15, 0.2) is 0 Å². The Bertz CT molecular complexity index is 1750. The Morgan fingerprint density at radius 3 is 1.51 bits per heavy atom. The average Bonchev–Trinajstić information content (AvgIpc) is 3.51. The molecule has 3 heterocycles. The van der Waals surface area contributed by atoms with Gasteiger partial charge >= 0.3 is 0 Å². The molecule has 49 heavy (non-hydrogen) atoms. The summed E-state index contributed by atoms with van der Waals surface area (Å²) in [5.41, 5.74) is 4.00. The predicted molar refractivity (Wildman–Crippen MR) is 207 cm³/mol. The maximum absolute atomic E-state index is 13.1. The Hall–Kier alpha value is -3.84. The first-order chi connectivity index (χ1) is 23.6. The Morgan fingerprint density at radius 2 is 1.06 bits per heavy atom. The van der Waals surface area contributed by atoms with Crippen LogP contribution in [0.4, 0.5) is 0 Å². The SMILES string of the molecule is CC(/C=C1\SC(=S)N(CCCC(=O)N2CCN(C(=O)CCN3C(=O)/C(=C\C(C)=C\c4ccccc4)SC3=S)CC2)C1=O)=C\c1ccccc1. The van der Waals surface area contributed by atoms with Gasteiger partial charge in [0.05, 0.1) is 9.81 Å². The van der Waals surface area contributed by atoms with Crippen LogP contribution < -0.4 is 0 Å².